The molecule has 1 aromatic rings. The largest absolute Gasteiger partial charge is 0.493 e. The van der Waals surface area contributed by atoms with Gasteiger partial charge in [-0.25, -0.2) is 4.79 Å². The van der Waals surface area contributed by atoms with Crippen molar-refractivity contribution in [3.8, 4) is 11.8 Å². The Morgan fingerprint density at radius 3 is 2.72 bits per heavy atom. The molecule has 1 aliphatic heterocycles. The molecule has 1 unspecified atom stereocenters. The van der Waals surface area contributed by atoms with Crippen LogP contribution in [0.15, 0.2) is 45.5 Å². The van der Waals surface area contributed by atoms with Crippen molar-refractivity contribution in [2.45, 2.75) is 52.4 Å². The first-order valence-electron chi connectivity index (χ1n) is 9.82. The molecule has 0 amide bonds. The van der Waals surface area contributed by atoms with Crippen LogP contribution in [-0.4, -0.2) is 19.2 Å². The SMILES string of the molecule is CCCCCCOc1ccc(Br)cc1C1C(C#N)=C(N)OC(C)=C1C(=O)OCC. The molecule has 29 heavy (non-hydrogen) atoms. The Morgan fingerprint density at radius 2 is 2.07 bits per heavy atom. The second kappa shape index (κ2) is 10.9. The molecule has 0 fully saturated rings. The smallest absolute Gasteiger partial charge is 0.338 e. The number of nitriles is 1. The number of hydrogen-bond donors (Lipinski definition) is 1. The second-order valence-electron chi connectivity index (χ2n) is 6.71. The Balaban J connectivity index is 2.49. The van der Waals surface area contributed by atoms with Crippen molar-refractivity contribution < 1.29 is 19.0 Å². The average molecular weight is 463 g/mol. The van der Waals surface area contributed by atoms with Crippen LogP contribution in [0.5, 0.6) is 5.75 Å². The molecular formula is C22H27BrN2O4. The minimum atomic E-state index is -0.726. The number of benzene rings is 1. The number of allylic oxidation sites excluding steroid dienone is 2. The van der Waals surface area contributed by atoms with Crippen molar-refractivity contribution in [3.63, 3.8) is 0 Å². The van der Waals surface area contributed by atoms with E-state index in [0.29, 0.717) is 23.7 Å². The van der Waals surface area contributed by atoms with Gasteiger partial charge in [0.15, 0.2) is 0 Å². The highest BCUT2D eigenvalue weighted by Gasteiger charge is 2.38. The minimum Gasteiger partial charge on any atom is -0.493 e. The van der Waals surface area contributed by atoms with Crippen molar-refractivity contribution in [3.05, 3.63) is 51.0 Å². The molecule has 0 bridgehead atoms. The van der Waals surface area contributed by atoms with Gasteiger partial charge in [0.05, 0.1) is 24.7 Å². The molecule has 156 valence electrons. The molecule has 0 radical (unpaired) electrons. The van der Waals surface area contributed by atoms with Gasteiger partial charge < -0.3 is 19.9 Å². The van der Waals surface area contributed by atoms with Crippen LogP contribution < -0.4 is 10.5 Å². The molecule has 6 nitrogen and oxygen atoms in total. The fraction of sp³-hybridized carbons (Fsp3) is 0.455. The van der Waals surface area contributed by atoms with E-state index < -0.39 is 11.9 Å². The second-order valence-corrected chi connectivity index (χ2v) is 7.62. The summed E-state index contributed by atoms with van der Waals surface area (Å²) < 4.78 is 17.5. The summed E-state index contributed by atoms with van der Waals surface area (Å²) >= 11 is 3.48. The molecule has 0 saturated carbocycles. The summed E-state index contributed by atoms with van der Waals surface area (Å²) in [6.45, 7) is 6.29. The number of hydrogen-bond acceptors (Lipinski definition) is 6. The van der Waals surface area contributed by atoms with E-state index in [1.807, 2.05) is 18.2 Å². The Morgan fingerprint density at radius 1 is 1.31 bits per heavy atom. The number of ether oxygens (including phenoxy) is 3. The number of esters is 1. The highest BCUT2D eigenvalue weighted by Crippen LogP contribution is 2.43. The maximum absolute atomic E-state index is 12.7. The van der Waals surface area contributed by atoms with E-state index in [4.69, 9.17) is 19.9 Å². The van der Waals surface area contributed by atoms with Crippen molar-refractivity contribution in [1.82, 2.24) is 0 Å². The van der Waals surface area contributed by atoms with Gasteiger partial charge in [-0.3, -0.25) is 0 Å². The minimum absolute atomic E-state index is 0.0167. The van der Waals surface area contributed by atoms with E-state index in [1.54, 1.807) is 13.8 Å². The Labute approximate surface area is 180 Å². The van der Waals surface area contributed by atoms with Crippen molar-refractivity contribution >= 4 is 21.9 Å². The Kier molecular flexibility index (Phi) is 8.59. The van der Waals surface area contributed by atoms with Gasteiger partial charge in [-0.05, 0) is 38.5 Å². The van der Waals surface area contributed by atoms with Crippen LogP contribution in [0.2, 0.25) is 0 Å². The quantitative estimate of drug-likeness (QED) is 0.407. The van der Waals surface area contributed by atoms with Gasteiger partial charge in [0.2, 0.25) is 5.88 Å². The molecule has 2 N–H and O–H groups in total. The molecule has 0 aliphatic carbocycles. The molecule has 1 heterocycles. The van der Waals surface area contributed by atoms with Crippen LogP contribution in [-0.2, 0) is 14.3 Å². The van der Waals surface area contributed by atoms with E-state index >= 15 is 0 Å². The fourth-order valence-corrected chi connectivity index (χ4v) is 3.63. The fourth-order valence-electron chi connectivity index (χ4n) is 3.25. The maximum Gasteiger partial charge on any atom is 0.338 e. The lowest BCUT2D eigenvalue weighted by Gasteiger charge is -2.28. The summed E-state index contributed by atoms with van der Waals surface area (Å²) in [5.74, 6) is -0.359. The zero-order valence-corrected chi connectivity index (χ0v) is 18.7. The number of nitrogens with two attached hydrogens (primary N) is 1. The van der Waals surface area contributed by atoms with Crippen molar-refractivity contribution in [1.29, 1.82) is 5.26 Å². The van der Waals surface area contributed by atoms with Gasteiger partial charge in [-0.1, -0.05) is 42.1 Å². The third kappa shape index (κ3) is 5.54. The lowest BCUT2D eigenvalue weighted by Crippen LogP contribution is -2.26. The van der Waals surface area contributed by atoms with Gasteiger partial charge in [0.25, 0.3) is 0 Å². The van der Waals surface area contributed by atoms with Crippen molar-refractivity contribution in [2.75, 3.05) is 13.2 Å². The molecule has 1 aliphatic rings. The van der Waals surface area contributed by atoms with Crippen LogP contribution in [0.25, 0.3) is 0 Å². The first kappa shape index (κ1) is 22.8. The zero-order chi connectivity index (χ0) is 21.4. The maximum atomic E-state index is 12.7. The van der Waals surface area contributed by atoms with Gasteiger partial charge in [-0.2, -0.15) is 5.26 Å². The van der Waals surface area contributed by atoms with Crippen molar-refractivity contribution in [2.24, 2.45) is 5.73 Å². The van der Waals surface area contributed by atoms with Crippen LogP contribution in [0.3, 0.4) is 0 Å². The number of rotatable bonds is 9. The molecule has 7 heteroatoms. The summed E-state index contributed by atoms with van der Waals surface area (Å²) in [4.78, 5) is 12.7. The topological polar surface area (TPSA) is 94.6 Å². The van der Waals surface area contributed by atoms with Crippen LogP contribution in [0.4, 0.5) is 0 Å². The van der Waals surface area contributed by atoms with Crippen LogP contribution >= 0.6 is 15.9 Å². The number of unbranched alkanes of at least 4 members (excludes halogenated alkanes) is 3. The summed E-state index contributed by atoms with van der Waals surface area (Å²) in [5.41, 5.74) is 7.07. The average Bonchev–Trinajstić information content (AvgIpc) is 2.68. The summed E-state index contributed by atoms with van der Waals surface area (Å²) in [5, 5.41) is 9.75. The summed E-state index contributed by atoms with van der Waals surface area (Å²) in [7, 11) is 0. The van der Waals surface area contributed by atoms with E-state index in [1.165, 1.54) is 0 Å². The molecule has 1 aromatic carbocycles. The molecule has 1 atom stereocenters. The Bertz CT molecular complexity index is 855. The highest BCUT2D eigenvalue weighted by atomic mass is 79.9. The lowest BCUT2D eigenvalue weighted by atomic mass is 9.82. The first-order valence-corrected chi connectivity index (χ1v) is 10.6. The summed E-state index contributed by atoms with van der Waals surface area (Å²) in [6, 6.07) is 7.64. The Hall–Kier alpha value is -2.46. The molecule has 0 aromatic heterocycles. The van der Waals surface area contributed by atoms with E-state index in [9.17, 15) is 10.1 Å². The van der Waals surface area contributed by atoms with Gasteiger partial charge in [0, 0.05) is 10.0 Å². The number of carbonyl (C=O) groups excluding carboxylic acids is 1. The van der Waals surface area contributed by atoms with Crippen LogP contribution in [0.1, 0.15) is 57.9 Å². The lowest BCUT2D eigenvalue weighted by molar-refractivity contribution is -0.139. The predicted octanol–water partition coefficient (Wildman–Crippen LogP) is 5.05. The van der Waals surface area contributed by atoms with Gasteiger partial charge >= 0.3 is 5.97 Å². The molecule has 2 rings (SSSR count). The van der Waals surface area contributed by atoms with Gasteiger partial charge in [-0.15, -0.1) is 0 Å². The standard InChI is InChI=1S/C22H27BrN2O4/c1-4-6-7-8-11-28-18-10-9-15(23)12-16(18)20-17(13-24)21(25)29-14(3)19(20)22(26)27-5-2/h9-10,12,20H,4-8,11,25H2,1-3H3. The van der Waals surface area contributed by atoms with Gasteiger partial charge in [0.1, 0.15) is 23.2 Å². The third-order valence-electron chi connectivity index (χ3n) is 4.64. The van der Waals surface area contributed by atoms with Crippen LogP contribution in [0, 0.1) is 11.3 Å². The molecule has 0 saturated heterocycles. The van der Waals surface area contributed by atoms with E-state index in [2.05, 4.69) is 28.9 Å². The zero-order valence-electron chi connectivity index (χ0n) is 17.1. The number of carbonyl (C=O) groups is 1. The number of halogens is 1. The normalized spacial score (nSPS) is 16.3. The first-order chi connectivity index (χ1) is 13.9. The predicted molar refractivity (Wildman–Crippen MR) is 114 cm³/mol. The van der Waals surface area contributed by atoms with E-state index in [0.717, 1.165) is 30.2 Å². The molecular weight excluding hydrogens is 436 g/mol. The van der Waals surface area contributed by atoms with E-state index in [-0.39, 0.29) is 23.6 Å². The number of nitrogens with zero attached hydrogens (tertiary/aromatic N) is 1. The highest BCUT2D eigenvalue weighted by molar-refractivity contribution is 9.10. The molecule has 0 spiro atoms. The monoisotopic (exact) mass is 462 g/mol. The summed E-state index contributed by atoms with van der Waals surface area (Å²) in [6.07, 6.45) is 4.32. The third-order valence-corrected chi connectivity index (χ3v) is 5.13.